The molecule has 1 atom stereocenters. The molecule has 9 nitrogen and oxygen atoms in total. The number of carbonyl (C=O) groups is 2. The Morgan fingerprint density at radius 3 is 2.42 bits per heavy atom. The number of benzene rings is 2. The van der Waals surface area contributed by atoms with E-state index in [4.69, 9.17) is 14.2 Å². The molecule has 9 heteroatoms. The van der Waals surface area contributed by atoms with Crippen LogP contribution in [0.25, 0.3) is 11.1 Å². The predicted molar refractivity (Wildman–Crippen MR) is 166 cm³/mol. The van der Waals surface area contributed by atoms with Gasteiger partial charge in [0.05, 0.1) is 33.1 Å². The lowest BCUT2D eigenvalue weighted by molar-refractivity contribution is -0.132. The highest BCUT2D eigenvalue weighted by Gasteiger charge is 2.29. The Hall–Kier alpha value is -4.53. The Balaban J connectivity index is 1.39. The average Bonchev–Trinajstić information content (AvgIpc) is 3.26. The highest BCUT2D eigenvalue weighted by molar-refractivity contribution is 5.84. The monoisotopic (exact) mass is 585 g/mol. The van der Waals surface area contributed by atoms with Gasteiger partial charge >= 0.3 is 0 Å². The van der Waals surface area contributed by atoms with Crippen molar-refractivity contribution in [2.75, 3.05) is 39.7 Å². The molecule has 3 aromatic carbocycles. The summed E-state index contributed by atoms with van der Waals surface area (Å²) in [5.41, 5.74) is 6.00. The summed E-state index contributed by atoms with van der Waals surface area (Å²) in [5.74, 6) is 1.46. The van der Waals surface area contributed by atoms with Gasteiger partial charge in [-0.3, -0.25) is 14.4 Å². The number of hydrogen-bond acceptors (Lipinski definition) is 7. The summed E-state index contributed by atoms with van der Waals surface area (Å²) < 4.78 is 17.1. The van der Waals surface area contributed by atoms with Crippen LogP contribution in [-0.2, 0) is 29.0 Å². The van der Waals surface area contributed by atoms with E-state index >= 15 is 0 Å². The highest BCUT2D eigenvalue weighted by atomic mass is 16.5. The number of ether oxygens (including phenoxy) is 3. The van der Waals surface area contributed by atoms with Crippen LogP contribution >= 0.6 is 0 Å². The quantitative estimate of drug-likeness (QED) is 0.353. The van der Waals surface area contributed by atoms with Crippen LogP contribution < -0.4 is 30.3 Å². The van der Waals surface area contributed by atoms with E-state index in [1.54, 1.807) is 33.5 Å². The Bertz CT molecular complexity index is 1590. The third kappa shape index (κ3) is 6.30. The molecule has 0 unspecified atom stereocenters. The van der Waals surface area contributed by atoms with Gasteiger partial charge in [-0.25, -0.2) is 0 Å². The summed E-state index contributed by atoms with van der Waals surface area (Å²) in [6, 6.07) is 15.1. The molecule has 0 fully saturated rings. The maximum Gasteiger partial charge on any atom is 0.222 e. The third-order valence-corrected chi connectivity index (χ3v) is 8.28. The van der Waals surface area contributed by atoms with Gasteiger partial charge < -0.3 is 29.7 Å². The molecule has 0 saturated carbocycles. The zero-order chi connectivity index (χ0) is 30.5. The number of methoxy groups -OCH3 is 3. The molecule has 0 spiro atoms. The molecule has 1 aliphatic carbocycles. The Labute approximate surface area is 252 Å². The van der Waals surface area contributed by atoms with E-state index in [9.17, 15) is 14.4 Å². The molecule has 1 aliphatic heterocycles. The van der Waals surface area contributed by atoms with Crippen molar-refractivity contribution >= 4 is 17.5 Å². The standard InChI is InChI=1S/C34H39N3O6/c1-21(38)36-27-13-11-23-18-30(41-2)33(42-3)34(43-4)32(23)25-12-14-28(29(39)19-26(25)27)35-16-7-10-31(40)37-17-15-22-8-5-6-9-24(22)20-37/h5-6,8-9,12,14,18-19,27H,7,10-11,13,15-17,20H2,1-4H3,(H,35,39)(H,36,38)/t27-/m0/s1. The van der Waals surface area contributed by atoms with Crippen LogP contribution in [0.2, 0.25) is 0 Å². The van der Waals surface area contributed by atoms with Gasteiger partial charge in [0.2, 0.25) is 23.0 Å². The normalized spacial score (nSPS) is 15.3. The largest absolute Gasteiger partial charge is 0.493 e. The molecule has 43 heavy (non-hydrogen) atoms. The summed E-state index contributed by atoms with van der Waals surface area (Å²) in [5, 5.41) is 6.27. The number of aryl methyl sites for hydroxylation is 1. The van der Waals surface area contributed by atoms with Crippen LogP contribution in [0.15, 0.2) is 53.3 Å². The summed E-state index contributed by atoms with van der Waals surface area (Å²) in [7, 11) is 4.71. The number of anilines is 1. The van der Waals surface area contributed by atoms with E-state index in [-0.39, 0.29) is 23.3 Å². The van der Waals surface area contributed by atoms with Crippen molar-refractivity contribution in [2.24, 2.45) is 0 Å². The van der Waals surface area contributed by atoms with Crippen LogP contribution in [0.4, 0.5) is 5.69 Å². The first-order valence-electron chi connectivity index (χ1n) is 14.7. The SMILES string of the molecule is COc1cc2c(c(OC)c1OC)-c1ccc(NCCCC(=O)N3CCc4ccccc4C3)c(=O)cc1[C@@H](NC(C)=O)CC2. The minimum absolute atomic E-state index is 0.121. The van der Waals surface area contributed by atoms with Crippen LogP contribution in [-0.4, -0.2) is 51.1 Å². The van der Waals surface area contributed by atoms with Crippen molar-refractivity contribution < 1.29 is 23.8 Å². The van der Waals surface area contributed by atoms with E-state index in [1.807, 2.05) is 29.2 Å². The van der Waals surface area contributed by atoms with Crippen molar-refractivity contribution in [1.29, 1.82) is 0 Å². The van der Waals surface area contributed by atoms with E-state index in [0.29, 0.717) is 67.3 Å². The molecule has 0 saturated heterocycles. The first kappa shape index (κ1) is 29.9. The highest BCUT2D eigenvalue weighted by Crippen LogP contribution is 2.50. The van der Waals surface area contributed by atoms with Crippen molar-refractivity contribution in [3.63, 3.8) is 0 Å². The summed E-state index contributed by atoms with van der Waals surface area (Å²) >= 11 is 0. The first-order chi connectivity index (χ1) is 20.8. The van der Waals surface area contributed by atoms with E-state index in [1.165, 1.54) is 18.1 Å². The zero-order valence-electron chi connectivity index (χ0n) is 25.2. The second-order valence-electron chi connectivity index (χ2n) is 11.0. The molecule has 2 amide bonds. The third-order valence-electron chi connectivity index (χ3n) is 8.28. The number of nitrogens with one attached hydrogen (secondary N) is 2. The Morgan fingerprint density at radius 1 is 0.930 bits per heavy atom. The smallest absolute Gasteiger partial charge is 0.222 e. The summed E-state index contributed by atoms with van der Waals surface area (Å²) in [6.45, 7) is 3.32. The van der Waals surface area contributed by atoms with Gasteiger partial charge in [-0.1, -0.05) is 30.3 Å². The minimum Gasteiger partial charge on any atom is -0.493 e. The van der Waals surface area contributed by atoms with Gasteiger partial charge in [0, 0.05) is 38.5 Å². The molecule has 3 aromatic rings. The van der Waals surface area contributed by atoms with Gasteiger partial charge in [0.1, 0.15) is 0 Å². The lowest BCUT2D eigenvalue weighted by Gasteiger charge is -2.29. The number of rotatable bonds is 9. The number of nitrogens with zero attached hydrogens (tertiary/aromatic N) is 1. The van der Waals surface area contributed by atoms with Crippen LogP contribution in [0.1, 0.15) is 54.5 Å². The first-order valence-corrected chi connectivity index (χ1v) is 14.7. The molecule has 0 radical (unpaired) electrons. The lowest BCUT2D eigenvalue weighted by atomic mass is 9.95. The minimum atomic E-state index is -0.373. The van der Waals surface area contributed by atoms with Crippen LogP contribution in [0.3, 0.4) is 0 Å². The molecular formula is C34H39N3O6. The maximum absolute atomic E-state index is 13.5. The van der Waals surface area contributed by atoms with Gasteiger partial charge in [-0.15, -0.1) is 0 Å². The summed E-state index contributed by atoms with van der Waals surface area (Å²) in [4.78, 5) is 40.5. The van der Waals surface area contributed by atoms with Crippen molar-refractivity contribution in [1.82, 2.24) is 10.2 Å². The second kappa shape index (κ2) is 13.2. The van der Waals surface area contributed by atoms with Crippen LogP contribution in [0, 0.1) is 0 Å². The number of fused-ring (bicyclic) bond motifs is 4. The fourth-order valence-corrected chi connectivity index (χ4v) is 6.18. The van der Waals surface area contributed by atoms with Crippen LogP contribution in [0.5, 0.6) is 17.2 Å². The van der Waals surface area contributed by atoms with Gasteiger partial charge in [0.15, 0.2) is 11.5 Å². The van der Waals surface area contributed by atoms with Crippen molar-refractivity contribution in [2.45, 2.75) is 51.6 Å². The zero-order valence-corrected chi connectivity index (χ0v) is 25.2. The van der Waals surface area contributed by atoms with E-state index < -0.39 is 0 Å². The number of amides is 2. The number of carbonyl (C=O) groups excluding carboxylic acids is 2. The fourth-order valence-electron chi connectivity index (χ4n) is 6.18. The topological polar surface area (TPSA) is 106 Å². The second-order valence-corrected chi connectivity index (χ2v) is 11.0. The van der Waals surface area contributed by atoms with E-state index in [0.717, 1.165) is 29.7 Å². The van der Waals surface area contributed by atoms with Gasteiger partial charge in [-0.2, -0.15) is 0 Å². The van der Waals surface area contributed by atoms with Crippen molar-refractivity contribution in [3.05, 3.63) is 81.0 Å². The van der Waals surface area contributed by atoms with E-state index in [2.05, 4.69) is 22.8 Å². The van der Waals surface area contributed by atoms with Gasteiger partial charge in [-0.05, 0) is 71.7 Å². The molecule has 0 aromatic heterocycles. The average molecular weight is 586 g/mol. The predicted octanol–water partition coefficient (Wildman–Crippen LogP) is 4.64. The summed E-state index contributed by atoms with van der Waals surface area (Å²) in [6.07, 6.45) is 3.09. The van der Waals surface area contributed by atoms with Gasteiger partial charge in [0.25, 0.3) is 0 Å². The molecule has 1 heterocycles. The Kier molecular flexibility index (Phi) is 9.19. The van der Waals surface area contributed by atoms with Crippen molar-refractivity contribution in [3.8, 4) is 28.4 Å². The maximum atomic E-state index is 13.5. The lowest BCUT2D eigenvalue weighted by Crippen LogP contribution is -2.36. The molecule has 226 valence electrons. The molecule has 2 N–H and O–H groups in total. The fraction of sp³-hybridized carbons (Fsp3) is 0.382. The number of hydrogen-bond donors (Lipinski definition) is 2. The molecule has 5 rings (SSSR count). The molecule has 0 bridgehead atoms. The Morgan fingerprint density at radius 2 is 1.70 bits per heavy atom. The molecular weight excluding hydrogens is 546 g/mol. The molecule has 2 aliphatic rings.